The SMILES string of the molecule is Cc1cc(Br)c(Cl)cc1NC(=O)COC(=O)[C@H]1CC(=O)N(c2cccc(C)c2C)C1. The molecule has 1 saturated heterocycles. The second-order valence-corrected chi connectivity index (χ2v) is 8.62. The third kappa shape index (κ3) is 4.84. The Kier molecular flexibility index (Phi) is 6.83. The fourth-order valence-corrected chi connectivity index (χ4v) is 3.97. The van der Waals surface area contributed by atoms with Crippen molar-refractivity contribution in [2.75, 3.05) is 23.4 Å². The number of carbonyl (C=O) groups is 3. The zero-order valence-electron chi connectivity index (χ0n) is 16.9. The predicted molar refractivity (Wildman–Crippen MR) is 120 cm³/mol. The van der Waals surface area contributed by atoms with E-state index in [0.717, 1.165) is 26.9 Å². The maximum absolute atomic E-state index is 12.5. The highest BCUT2D eigenvalue weighted by molar-refractivity contribution is 9.10. The average molecular weight is 494 g/mol. The molecule has 158 valence electrons. The monoisotopic (exact) mass is 492 g/mol. The third-order valence-electron chi connectivity index (χ3n) is 5.21. The van der Waals surface area contributed by atoms with E-state index >= 15 is 0 Å². The van der Waals surface area contributed by atoms with Gasteiger partial charge in [0, 0.05) is 28.8 Å². The average Bonchev–Trinajstić information content (AvgIpc) is 3.08. The molecule has 30 heavy (non-hydrogen) atoms. The fraction of sp³-hybridized carbons (Fsp3) is 0.318. The maximum atomic E-state index is 12.5. The molecule has 0 radical (unpaired) electrons. The van der Waals surface area contributed by atoms with E-state index in [1.54, 1.807) is 17.0 Å². The number of carbonyl (C=O) groups excluding carboxylic acids is 3. The number of anilines is 2. The Bertz CT molecular complexity index is 1020. The zero-order chi connectivity index (χ0) is 22.0. The number of hydrogen-bond donors (Lipinski definition) is 1. The highest BCUT2D eigenvalue weighted by Crippen LogP contribution is 2.30. The summed E-state index contributed by atoms with van der Waals surface area (Å²) in [7, 11) is 0. The molecule has 0 unspecified atom stereocenters. The van der Waals surface area contributed by atoms with Gasteiger partial charge in [-0.2, -0.15) is 0 Å². The van der Waals surface area contributed by atoms with Crippen molar-refractivity contribution in [1.29, 1.82) is 0 Å². The van der Waals surface area contributed by atoms with E-state index in [2.05, 4.69) is 21.2 Å². The van der Waals surface area contributed by atoms with E-state index in [0.29, 0.717) is 10.7 Å². The van der Waals surface area contributed by atoms with E-state index in [9.17, 15) is 14.4 Å². The summed E-state index contributed by atoms with van der Waals surface area (Å²) in [6, 6.07) is 9.14. The van der Waals surface area contributed by atoms with Gasteiger partial charge in [0.25, 0.3) is 5.91 Å². The van der Waals surface area contributed by atoms with Crippen LogP contribution in [0.2, 0.25) is 5.02 Å². The fourth-order valence-electron chi connectivity index (χ4n) is 3.35. The van der Waals surface area contributed by atoms with Crippen LogP contribution in [0.1, 0.15) is 23.1 Å². The number of ether oxygens (including phenoxy) is 1. The van der Waals surface area contributed by atoms with Crippen molar-refractivity contribution in [3.05, 3.63) is 56.5 Å². The molecule has 1 heterocycles. The molecule has 0 spiro atoms. The molecular weight excluding hydrogens is 472 g/mol. The van der Waals surface area contributed by atoms with Crippen molar-refractivity contribution in [3.63, 3.8) is 0 Å². The maximum Gasteiger partial charge on any atom is 0.311 e. The van der Waals surface area contributed by atoms with Gasteiger partial charge in [-0.3, -0.25) is 14.4 Å². The van der Waals surface area contributed by atoms with E-state index in [4.69, 9.17) is 16.3 Å². The van der Waals surface area contributed by atoms with Crippen LogP contribution >= 0.6 is 27.5 Å². The molecule has 1 atom stereocenters. The Morgan fingerprint density at radius 1 is 1.23 bits per heavy atom. The third-order valence-corrected chi connectivity index (χ3v) is 6.41. The standard InChI is InChI=1S/C22H22BrClN2O4/c1-12-5-4-6-19(14(12)3)26-10-15(8-21(26)28)22(29)30-11-20(27)25-18-9-17(24)16(23)7-13(18)2/h4-7,9,15H,8,10-11H2,1-3H3,(H,25,27)/t15-/m0/s1. The molecule has 1 fully saturated rings. The zero-order valence-corrected chi connectivity index (χ0v) is 19.3. The van der Waals surface area contributed by atoms with Crippen LogP contribution in [0.5, 0.6) is 0 Å². The number of hydrogen-bond acceptors (Lipinski definition) is 4. The normalized spacial score (nSPS) is 16.0. The van der Waals surface area contributed by atoms with Crippen LogP contribution in [-0.2, 0) is 19.1 Å². The molecule has 6 nitrogen and oxygen atoms in total. The van der Waals surface area contributed by atoms with E-state index < -0.39 is 24.4 Å². The van der Waals surface area contributed by atoms with Gasteiger partial charge in [-0.05, 0) is 71.6 Å². The molecule has 1 aliphatic heterocycles. The smallest absolute Gasteiger partial charge is 0.311 e. The first-order valence-electron chi connectivity index (χ1n) is 9.46. The van der Waals surface area contributed by atoms with Gasteiger partial charge in [-0.1, -0.05) is 23.7 Å². The van der Waals surface area contributed by atoms with E-state index in [1.165, 1.54) is 0 Å². The molecule has 3 rings (SSSR count). The Hall–Kier alpha value is -2.38. The lowest BCUT2D eigenvalue weighted by atomic mass is 10.1. The number of halogens is 2. The molecule has 0 bridgehead atoms. The largest absolute Gasteiger partial charge is 0.455 e. The number of aryl methyl sites for hydroxylation is 2. The van der Waals surface area contributed by atoms with Crippen LogP contribution in [0, 0.1) is 26.7 Å². The quantitative estimate of drug-likeness (QED) is 0.620. The highest BCUT2D eigenvalue weighted by atomic mass is 79.9. The van der Waals surface area contributed by atoms with Gasteiger partial charge in [-0.25, -0.2) is 0 Å². The summed E-state index contributed by atoms with van der Waals surface area (Å²) in [5.74, 6) is -1.76. The summed E-state index contributed by atoms with van der Waals surface area (Å²) in [4.78, 5) is 38.7. The lowest BCUT2D eigenvalue weighted by Crippen LogP contribution is -2.28. The Morgan fingerprint density at radius 3 is 2.70 bits per heavy atom. The molecule has 2 aromatic rings. The van der Waals surface area contributed by atoms with Gasteiger partial charge in [0.2, 0.25) is 5.91 Å². The molecule has 8 heteroatoms. The second kappa shape index (κ2) is 9.18. The van der Waals surface area contributed by atoms with Crippen molar-refractivity contribution in [3.8, 4) is 0 Å². The van der Waals surface area contributed by atoms with Crippen LogP contribution in [-0.4, -0.2) is 30.9 Å². The van der Waals surface area contributed by atoms with Crippen LogP contribution in [0.15, 0.2) is 34.8 Å². The molecule has 0 saturated carbocycles. The summed E-state index contributed by atoms with van der Waals surface area (Å²) < 4.78 is 5.90. The van der Waals surface area contributed by atoms with E-state index in [-0.39, 0.29) is 18.9 Å². The first-order chi connectivity index (χ1) is 14.2. The molecule has 2 amide bonds. The van der Waals surface area contributed by atoms with Crippen LogP contribution < -0.4 is 10.2 Å². The lowest BCUT2D eigenvalue weighted by Gasteiger charge is -2.20. The van der Waals surface area contributed by atoms with Crippen molar-refractivity contribution < 1.29 is 19.1 Å². The number of nitrogens with one attached hydrogen (secondary N) is 1. The van der Waals surface area contributed by atoms with Crippen molar-refractivity contribution in [2.24, 2.45) is 5.92 Å². The summed E-state index contributed by atoms with van der Waals surface area (Å²) >= 11 is 9.38. The van der Waals surface area contributed by atoms with Crippen LogP contribution in [0.4, 0.5) is 11.4 Å². The number of benzene rings is 2. The van der Waals surface area contributed by atoms with Gasteiger partial charge in [0.15, 0.2) is 6.61 Å². The van der Waals surface area contributed by atoms with Gasteiger partial charge in [-0.15, -0.1) is 0 Å². The number of nitrogens with zero attached hydrogens (tertiary/aromatic N) is 1. The minimum absolute atomic E-state index is 0.0647. The Balaban J connectivity index is 1.58. The Morgan fingerprint density at radius 2 is 1.97 bits per heavy atom. The number of rotatable bonds is 5. The number of esters is 1. The minimum Gasteiger partial charge on any atom is -0.455 e. The van der Waals surface area contributed by atoms with E-state index in [1.807, 2.05) is 39.0 Å². The number of amides is 2. The minimum atomic E-state index is -0.603. The van der Waals surface area contributed by atoms with Crippen LogP contribution in [0.3, 0.4) is 0 Å². The molecule has 1 N–H and O–H groups in total. The summed E-state index contributed by atoms with van der Waals surface area (Å²) in [5.41, 5.74) is 4.24. The van der Waals surface area contributed by atoms with Gasteiger partial charge in [0.05, 0.1) is 10.9 Å². The first kappa shape index (κ1) is 22.3. The van der Waals surface area contributed by atoms with Crippen molar-refractivity contribution in [1.82, 2.24) is 0 Å². The highest BCUT2D eigenvalue weighted by Gasteiger charge is 2.37. The lowest BCUT2D eigenvalue weighted by molar-refractivity contribution is -0.151. The Labute approximate surface area is 188 Å². The predicted octanol–water partition coefficient (Wildman–Crippen LogP) is 4.56. The molecule has 2 aromatic carbocycles. The summed E-state index contributed by atoms with van der Waals surface area (Å²) in [6.45, 7) is 5.56. The van der Waals surface area contributed by atoms with Gasteiger partial charge in [0.1, 0.15) is 0 Å². The first-order valence-corrected chi connectivity index (χ1v) is 10.6. The van der Waals surface area contributed by atoms with Gasteiger partial charge >= 0.3 is 5.97 Å². The van der Waals surface area contributed by atoms with Crippen molar-refractivity contribution >= 4 is 56.7 Å². The topological polar surface area (TPSA) is 75.7 Å². The molecule has 0 aliphatic carbocycles. The van der Waals surface area contributed by atoms with Crippen molar-refractivity contribution in [2.45, 2.75) is 27.2 Å². The molecular formula is C22H22BrClN2O4. The second-order valence-electron chi connectivity index (χ2n) is 7.36. The van der Waals surface area contributed by atoms with Gasteiger partial charge < -0.3 is 15.0 Å². The molecule has 1 aliphatic rings. The van der Waals surface area contributed by atoms with Crippen LogP contribution in [0.25, 0.3) is 0 Å². The molecule has 0 aromatic heterocycles. The summed E-state index contributed by atoms with van der Waals surface area (Å²) in [6.07, 6.45) is 0.0647. The summed E-state index contributed by atoms with van der Waals surface area (Å²) in [5, 5.41) is 3.14.